The number of halogens is 5. The van der Waals surface area contributed by atoms with E-state index >= 15 is 0 Å². The predicted molar refractivity (Wildman–Crippen MR) is 125 cm³/mol. The topological polar surface area (TPSA) is 138 Å². The highest BCUT2D eigenvalue weighted by Crippen LogP contribution is 2.43. The lowest BCUT2D eigenvalue weighted by Gasteiger charge is -2.39. The van der Waals surface area contributed by atoms with E-state index in [4.69, 9.17) is 17.3 Å². The SMILES string of the molecule is CC1(NS(=O)(=O)c2ccc(-c3c(Cl)cc(Nc4n[nH]c(N)n4)cc3C(F)(F)F)cc2)CNC1.Cl. The minimum Gasteiger partial charge on any atom is -0.368 e. The van der Waals surface area contributed by atoms with Crippen LogP contribution in [0.2, 0.25) is 5.02 Å². The molecule has 3 aromatic rings. The summed E-state index contributed by atoms with van der Waals surface area (Å²) >= 11 is 6.24. The summed E-state index contributed by atoms with van der Waals surface area (Å²) in [6.45, 7) is 2.72. The van der Waals surface area contributed by atoms with E-state index in [1.165, 1.54) is 30.3 Å². The van der Waals surface area contributed by atoms with Crippen molar-refractivity contribution < 1.29 is 21.6 Å². The molecular formula is C19H20Cl2F3N7O2S. The van der Waals surface area contributed by atoms with Crippen LogP contribution in [0, 0.1) is 0 Å². The standard InChI is InChI=1S/C19H19ClF3N7O2S.ClH/c1-18(8-25-9-18)30-33(31,32)12-4-2-10(3-5-12)15-13(19(21,22)23)6-11(7-14(15)20)26-17-27-16(24)28-29-17;/h2-7,25,30H,8-9H2,1H3,(H4,24,26,27,28,29);1H. The maximum atomic E-state index is 13.9. The van der Waals surface area contributed by atoms with Crippen molar-refractivity contribution in [1.29, 1.82) is 0 Å². The van der Waals surface area contributed by atoms with E-state index in [9.17, 15) is 21.6 Å². The van der Waals surface area contributed by atoms with E-state index < -0.39 is 27.3 Å². The van der Waals surface area contributed by atoms with E-state index in [-0.39, 0.29) is 51.0 Å². The van der Waals surface area contributed by atoms with Gasteiger partial charge in [0.15, 0.2) is 0 Å². The number of nitrogens with one attached hydrogen (secondary N) is 4. The number of hydrogen-bond acceptors (Lipinski definition) is 7. The molecule has 15 heteroatoms. The highest BCUT2D eigenvalue weighted by molar-refractivity contribution is 7.89. The van der Waals surface area contributed by atoms with Crippen LogP contribution in [-0.4, -0.2) is 42.2 Å². The Hall–Kier alpha value is -2.58. The van der Waals surface area contributed by atoms with Gasteiger partial charge in [-0.05, 0) is 36.8 Å². The lowest BCUT2D eigenvalue weighted by molar-refractivity contribution is -0.137. The lowest BCUT2D eigenvalue weighted by atomic mass is 9.97. The molecule has 2 aromatic carbocycles. The number of nitrogen functional groups attached to an aromatic ring is 1. The molecule has 9 nitrogen and oxygen atoms in total. The summed E-state index contributed by atoms with van der Waals surface area (Å²) in [5, 5.41) is 11.5. The first-order chi connectivity index (χ1) is 15.4. The molecule has 0 radical (unpaired) electrons. The van der Waals surface area contributed by atoms with Gasteiger partial charge in [0, 0.05) is 24.3 Å². The third kappa shape index (κ3) is 5.39. The molecule has 0 atom stereocenters. The van der Waals surface area contributed by atoms with Gasteiger partial charge in [-0.25, -0.2) is 18.2 Å². The van der Waals surface area contributed by atoms with E-state index in [1.54, 1.807) is 6.92 Å². The van der Waals surface area contributed by atoms with Gasteiger partial charge in [0.2, 0.25) is 21.9 Å². The molecule has 1 aliphatic rings. The molecule has 0 bridgehead atoms. The zero-order valence-corrected chi connectivity index (χ0v) is 19.9. The molecule has 6 N–H and O–H groups in total. The summed E-state index contributed by atoms with van der Waals surface area (Å²) in [6, 6.07) is 7.21. The molecule has 0 spiro atoms. The second kappa shape index (κ2) is 9.23. The Balaban J connectivity index is 0.00000324. The van der Waals surface area contributed by atoms with E-state index in [0.29, 0.717) is 13.1 Å². The lowest BCUT2D eigenvalue weighted by Crippen LogP contribution is -2.66. The van der Waals surface area contributed by atoms with Crippen LogP contribution in [0.5, 0.6) is 0 Å². The summed E-state index contributed by atoms with van der Waals surface area (Å²) in [7, 11) is -3.85. The van der Waals surface area contributed by atoms with Gasteiger partial charge < -0.3 is 16.4 Å². The fourth-order valence-electron chi connectivity index (χ4n) is 3.41. The number of nitrogens with two attached hydrogens (primary N) is 1. The summed E-state index contributed by atoms with van der Waals surface area (Å²) in [6.07, 6.45) is -4.74. The number of H-pyrrole nitrogens is 1. The Kier molecular flexibility index (Phi) is 7.06. The average Bonchev–Trinajstić information content (AvgIpc) is 3.10. The zero-order chi connectivity index (χ0) is 24.0. The number of aromatic amines is 1. The molecule has 1 fully saturated rings. The Labute approximate surface area is 204 Å². The molecular weight excluding hydrogens is 518 g/mol. The number of anilines is 3. The maximum Gasteiger partial charge on any atom is 0.417 e. The second-order valence-corrected chi connectivity index (χ2v) is 9.93. The third-order valence-corrected chi connectivity index (χ3v) is 6.97. The van der Waals surface area contributed by atoms with Crippen LogP contribution >= 0.6 is 24.0 Å². The van der Waals surface area contributed by atoms with Crippen LogP contribution in [0.4, 0.5) is 30.8 Å². The number of sulfonamides is 1. The van der Waals surface area contributed by atoms with Crippen molar-refractivity contribution in [3.05, 3.63) is 47.0 Å². The van der Waals surface area contributed by atoms with E-state index in [0.717, 1.165) is 6.07 Å². The largest absolute Gasteiger partial charge is 0.417 e. The van der Waals surface area contributed by atoms with Crippen molar-refractivity contribution in [3.8, 4) is 11.1 Å². The number of hydrogen-bond donors (Lipinski definition) is 5. The monoisotopic (exact) mass is 537 g/mol. The molecule has 0 saturated carbocycles. The number of nitrogens with zero attached hydrogens (tertiary/aromatic N) is 2. The fourth-order valence-corrected chi connectivity index (χ4v) is 5.15. The molecule has 1 aliphatic heterocycles. The van der Waals surface area contributed by atoms with E-state index in [1.807, 2.05) is 0 Å². The number of alkyl halides is 3. The molecule has 1 saturated heterocycles. The van der Waals surface area contributed by atoms with Crippen molar-refractivity contribution >= 4 is 51.6 Å². The Morgan fingerprint density at radius 2 is 1.82 bits per heavy atom. The fraction of sp³-hybridized carbons (Fsp3) is 0.263. The van der Waals surface area contributed by atoms with Crippen LogP contribution in [0.25, 0.3) is 11.1 Å². The highest BCUT2D eigenvalue weighted by atomic mass is 35.5. The van der Waals surface area contributed by atoms with Gasteiger partial charge in [0.1, 0.15) is 0 Å². The summed E-state index contributed by atoms with van der Waals surface area (Å²) in [5.74, 6) is -0.0368. The minimum atomic E-state index is -4.74. The summed E-state index contributed by atoms with van der Waals surface area (Å²) < 4.78 is 69.5. The number of rotatable bonds is 6. The normalized spacial score (nSPS) is 15.3. The van der Waals surface area contributed by atoms with Gasteiger partial charge in [-0.1, -0.05) is 23.7 Å². The average molecular weight is 538 g/mol. The quantitative estimate of drug-likeness (QED) is 0.324. The van der Waals surface area contributed by atoms with Crippen LogP contribution in [0.3, 0.4) is 0 Å². The van der Waals surface area contributed by atoms with Crippen LogP contribution in [0.15, 0.2) is 41.3 Å². The van der Waals surface area contributed by atoms with Gasteiger partial charge in [-0.2, -0.15) is 18.2 Å². The van der Waals surface area contributed by atoms with Crippen molar-refractivity contribution in [2.24, 2.45) is 0 Å². The summed E-state index contributed by atoms with van der Waals surface area (Å²) in [5.41, 5.74) is 3.63. The molecule has 0 unspecified atom stereocenters. The first kappa shape index (κ1) is 26.0. The Morgan fingerprint density at radius 3 is 2.32 bits per heavy atom. The van der Waals surface area contributed by atoms with Gasteiger partial charge in [-0.15, -0.1) is 17.5 Å². The second-order valence-electron chi connectivity index (χ2n) is 7.84. The highest BCUT2D eigenvalue weighted by Gasteiger charge is 2.37. The number of aromatic nitrogens is 3. The maximum absolute atomic E-state index is 13.9. The van der Waals surface area contributed by atoms with Crippen molar-refractivity contribution in [3.63, 3.8) is 0 Å². The molecule has 2 heterocycles. The third-order valence-electron chi connectivity index (χ3n) is 5.02. The molecule has 34 heavy (non-hydrogen) atoms. The van der Waals surface area contributed by atoms with Crippen molar-refractivity contribution in [2.75, 3.05) is 24.1 Å². The van der Waals surface area contributed by atoms with Gasteiger partial charge in [0.25, 0.3) is 0 Å². The number of benzene rings is 2. The van der Waals surface area contributed by atoms with Crippen LogP contribution < -0.4 is 21.1 Å². The van der Waals surface area contributed by atoms with Crippen LogP contribution in [-0.2, 0) is 16.2 Å². The molecule has 0 amide bonds. The molecule has 184 valence electrons. The van der Waals surface area contributed by atoms with Gasteiger partial charge in [-0.3, -0.25) is 0 Å². The molecule has 0 aliphatic carbocycles. The summed E-state index contributed by atoms with van der Waals surface area (Å²) in [4.78, 5) is 3.72. The smallest absolute Gasteiger partial charge is 0.368 e. The van der Waals surface area contributed by atoms with Gasteiger partial charge >= 0.3 is 6.18 Å². The van der Waals surface area contributed by atoms with Crippen LogP contribution in [0.1, 0.15) is 12.5 Å². The minimum absolute atomic E-state index is 0. The molecule has 4 rings (SSSR count). The van der Waals surface area contributed by atoms with Crippen molar-refractivity contribution in [2.45, 2.75) is 23.5 Å². The first-order valence-corrected chi connectivity index (χ1v) is 11.4. The predicted octanol–water partition coefficient (Wildman–Crippen LogP) is 3.53. The van der Waals surface area contributed by atoms with E-state index in [2.05, 4.69) is 30.5 Å². The first-order valence-electron chi connectivity index (χ1n) is 9.57. The molecule has 1 aromatic heterocycles. The van der Waals surface area contributed by atoms with Crippen molar-refractivity contribution in [1.82, 2.24) is 25.2 Å². The van der Waals surface area contributed by atoms with Gasteiger partial charge in [0.05, 0.1) is 21.0 Å². The Bertz CT molecular complexity index is 1290. The zero-order valence-electron chi connectivity index (χ0n) is 17.5. The Morgan fingerprint density at radius 1 is 1.18 bits per heavy atom.